The second-order valence-electron chi connectivity index (χ2n) is 4.52. The first-order valence-electron chi connectivity index (χ1n) is 5.16. The minimum atomic E-state index is 0.0579. The molecule has 0 aromatic rings. The molecule has 1 aliphatic heterocycles. The van der Waals surface area contributed by atoms with Crippen LogP contribution in [0.4, 0.5) is 0 Å². The molecule has 1 aliphatic rings. The Hall–Kier alpha value is -0.120. The largest absolute Gasteiger partial charge is 0.395 e. The van der Waals surface area contributed by atoms with E-state index in [1.54, 1.807) is 0 Å². The zero-order chi connectivity index (χ0) is 10.0. The lowest BCUT2D eigenvalue weighted by molar-refractivity contribution is 0.125. The molecule has 0 saturated carbocycles. The quantitative estimate of drug-likeness (QED) is 0.666. The number of aliphatic hydroxyl groups excluding tert-OH is 1. The topological polar surface area (TPSA) is 49.5 Å². The highest BCUT2D eigenvalue weighted by Gasteiger charge is 2.31. The van der Waals surface area contributed by atoms with Crippen LogP contribution in [0.1, 0.15) is 20.8 Å². The van der Waals surface area contributed by atoms with Gasteiger partial charge in [-0.15, -0.1) is 0 Å². The standard InChI is InChI=1S/C10H22N2O/c1-7-4-12(5-8(7)2)10(6-13)9(3)11/h7-10,13H,4-6,11H2,1-3H3. The van der Waals surface area contributed by atoms with E-state index in [1.807, 2.05) is 6.92 Å². The molecular formula is C10H22N2O. The van der Waals surface area contributed by atoms with Crippen molar-refractivity contribution in [3.8, 4) is 0 Å². The van der Waals surface area contributed by atoms with Crippen LogP contribution in [0.3, 0.4) is 0 Å². The molecule has 13 heavy (non-hydrogen) atoms. The molecule has 4 atom stereocenters. The molecule has 4 unspecified atom stereocenters. The molecule has 1 heterocycles. The number of rotatable bonds is 3. The molecule has 3 nitrogen and oxygen atoms in total. The van der Waals surface area contributed by atoms with E-state index < -0.39 is 0 Å². The molecule has 0 aromatic heterocycles. The van der Waals surface area contributed by atoms with Crippen molar-refractivity contribution in [3.05, 3.63) is 0 Å². The molecule has 1 fully saturated rings. The number of hydrogen-bond acceptors (Lipinski definition) is 3. The molecule has 3 N–H and O–H groups in total. The van der Waals surface area contributed by atoms with Gasteiger partial charge in [-0.05, 0) is 18.8 Å². The maximum absolute atomic E-state index is 9.21. The van der Waals surface area contributed by atoms with Crippen LogP contribution in [0.2, 0.25) is 0 Å². The van der Waals surface area contributed by atoms with E-state index in [9.17, 15) is 5.11 Å². The molecular weight excluding hydrogens is 164 g/mol. The summed E-state index contributed by atoms with van der Waals surface area (Å²) in [5.41, 5.74) is 5.82. The van der Waals surface area contributed by atoms with Gasteiger partial charge in [-0.1, -0.05) is 13.8 Å². The summed E-state index contributed by atoms with van der Waals surface area (Å²) >= 11 is 0. The average molecular weight is 186 g/mol. The predicted molar refractivity (Wildman–Crippen MR) is 54.4 cm³/mol. The van der Waals surface area contributed by atoms with Gasteiger partial charge in [0.2, 0.25) is 0 Å². The monoisotopic (exact) mass is 186 g/mol. The van der Waals surface area contributed by atoms with Gasteiger partial charge in [0.05, 0.1) is 6.61 Å². The van der Waals surface area contributed by atoms with Crippen molar-refractivity contribution in [2.24, 2.45) is 17.6 Å². The number of nitrogens with zero attached hydrogens (tertiary/aromatic N) is 1. The summed E-state index contributed by atoms with van der Waals surface area (Å²) in [5, 5.41) is 9.21. The zero-order valence-electron chi connectivity index (χ0n) is 8.90. The Morgan fingerprint density at radius 3 is 2.15 bits per heavy atom. The maximum Gasteiger partial charge on any atom is 0.0601 e. The second-order valence-corrected chi connectivity index (χ2v) is 4.52. The fourth-order valence-electron chi connectivity index (χ4n) is 2.06. The van der Waals surface area contributed by atoms with Crippen LogP contribution in [0, 0.1) is 11.8 Å². The lowest BCUT2D eigenvalue weighted by Crippen LogP contribution is -2.47. The lowest BCUT2D eigenvalue weighted by atomic mass is 10.0. The Balaban J connectivity index is 2.52. The molecule has 0 aliphatic carbocycles. The van der Waals surface area contributed by atoms with Gasteiger partial charge in [0.25, 0.3) is 0 Å². The Morgan fingerprint density at radius 2 is 1.85 bits per heavy atom. The van der Waals surface area contributed by atoms with Crippen molar-refractivity contribution in [2.75, 3.05) is 19.7 Å². The van der Waals surface area contributed by atoms with Crippen LogP contribution >= 0.6 is 0 Å². The first kappa shape index (κ1) is 11.0. The Kier molecular flexibility index (Phi) is 3.71. The van der Waals surface area contributed by atoms with E-state index in [-0.39, 0.29) is 18.7 Å². The van der Waals surface area contributed by atoms with Crippen LogP contribution in [-0.2, 0) is 0 Å². The molecule has 1 rings (SSSR count). The van der Waals surface area contributed by atoms with E-state index in [0.717, 1.165) is 24.9 Å². The van der Waals surface area contributed by atoms with Crippen molar-refractivity contribution in [1.82, 2.24) is 4.90 Å². The van der Waals surface area contributed by atoms with E-state index in [1.165, 1.54) is 0 Å². The van der Waals surface area contributed by atoms with Crippen LogP contribution in [0.5, 0.6) is 0 Å². The van der Waals surface area contributed by atoms with E-state index in [0.29, 0.717) is 0 Å². The molecule has 0 amide bonds. The molecule has 0 bridgehead atoms. The summed E-state index contributed by atoms with van der Waals surface area (Å²) in [4.78, 5) is 2.32. The van der Waals surface area contributed by atoms with Crippen LogP contribution in [0.15, 0.2) is 0 Å². The number of likely N-dealkylation sites (tertiary alicyclic amines) is 1. The highest BCUT2D eigenvalue weighted by Crippen LogP contribution is 2.24. The summed E-state index contributed by atoms with van der Waals surface area (Å²) < 4.78 is 0. The first-order chi connectivity index (χ1) is 6.06. The number of nitrogens with two attached hydrogens (primary N) is 1. The highest BCUT2D eigenvalue weighted by molar-refractivity contribution is 4.86. The van der Waals surface area contributed by atoms with Crippen molar-refractivity contribution in [1.29, 1.82) is 0 Å². The number of hydrogen-bond donors (Lipinski definition) is 2. The maximum atomic E-state index is 9.21. The Bertz CT molecular complexity index is 151. The normalized spacial score (nSPS) is 34.8. The van der Waals surface area contributed by atoms with Gasteiger partial charge in [0, 0.05) is 25.2 Å². The lowest BCUT2D eigenvalue weighted by Gasteiger charge is -2.29. The first-order valence-corrected chi connectivity index (χ1v) is 5.16. The predicted octanol–water partition coefficient (Wildman–Crippen LogP) is 0.282. The third-order valence-corrected chi connectivity index (χ3v) is 3.28. The SMILES string of the molecule is CC(N)C(CO)N1CC(C)C(C)C1. The van der Waals surface area contributed by atoms with Crippen molar-refractivity contribution in [3.63, 3.8) is 0 Å². The molecule has 0 radical (unpaired) electrons. The molecule has 1 saturated heterocycles. The third-order valence-electron chi connectivity index (χ3n) is 3.28. The van der Waals surface area contributed by atoms with Gasteiger partial charge in [-0.3, -0.25) is 4.90 Å². The van der Waals surface area contributed by atoms with Gasteiger partial charge in [-0.25, -0.2) is 0 Å². The Morgan fingerprint density at radius 1 is 1.38 bits per heavy atom. The fraction of sp³-hybridized carbons (Fsp3) is 1.00. The molecule has 0 spiro atoms. The van der Waals surface area contributed by atoms with Gasteiger partial charge >= 0.3 is 0 Å². The minimum absolute atomic E-state index is 0.0579. The van der Waals surface area contributed by atoms with Crippen LogP contribution < -0.4 is 5.73 Å². The molecule has 78 valence electrons. The van der Waals surface area contributed by atoms with Crippen molar-refractivity contribution in [2.45, 2.75) is 32.9 Å². The summed E-state index contributed by atoms with van der Waals surface area (Å²) in [6.07, 6.45) is 0. The average Bonchev–Trinajstić information content (AvgIpc) is 2.32. The van der Waals surface area contributed by atoms with Crippen molar-refractivity contribution < 1.29 is 5.11 Å². The van der Waals surface area contributed by atoms with Crippen molar-refractivity contribution >= 4 is 0 Å². The zero-order valence-corrected chi connectivity index (χ0v) is 8.90. The fourth-order valence-corrected chi connectivity index (χ4v) is 2.06. The summed E-state index contributed by atoms with van der Waals surface area (Å²) in [6.45, 7) is 8.83. The highest BCUT2D eigenvalue weighted by atomic mass is 16.3. The van der Waals surface area contributed by atoms with E-state index in [4.69, 9.17) is 5.73 Å². The van der Waals surface area contributed by atoms with Gasteiger partial charge in [0.1, 0.15) is 0 Å². The summed E-state index contributed by atoms with van der Waals surface area (Å²) in [5.74, 6) is 1.46. The van der Waals surface area contributed by atoms with Crippen LogP contribution in [-0.4, -0.2) is 41.8 Å². The number of aliphatic hydroxyl groups is 1. The van der Waals surface area contributed by atoms with E-state index in [2.05, 4.69) is 18.7 Å². The second kappa shape index (κ2) is 4.40. The minimum Gasteiger partial charge on any atom is -0.395 e. The Labute approximate surface area is 80.9 Å². The third kappa shape index (κ3) is 2.42. The van der Waals surface area contributed by atoms with Gasteiger partial charge in [0.15, 0.2) is 0 Å². The van der Waals surface area contributed by atoms with Crippen LogP contribution in [0.25, 0.3) is 0 Å². The smallest absolute Gasteiger partial charge is 0.0601 e. The summed E-state index contributed by atoms with van der Waals surface area (Å²) in [7, 11) is 0. The molecule has 3 heteroatoms. The van der Waals surface area contributed by atoms with E-state index >= 15 is 0 Å². The summed E-state index contributed by atoms with van der Waals surface area (Å²) in [6, 6.07) is 0.204. The van der Waals surface area contributed by atoms with Gasteiger partial charge in [-0.2, -0.15) is 0 Å². The van der Waals surface area contributed by atoms with Gasteiger partial charge < -0.3 is 10.8 Å². The molecule has 0 aromatic carbocycles.